The van der Waals surface area contributed by atoms with Crippen LogP contribution in [0.15, 0.2) is 24.3 Å². The van der Waals surface area contributed by atoms with Crippen molar-refractivity contribution < 1.29 is 9.53 Å². The number of hydrogen-bond donors (Lipinski definition) is 2. The molecule has 0 atom stereocenters. The standard InChI is InChI=1S/C11H14N2O2/c1-8-3-2-4-9(5-8)12-11(14)13-10-6-15-7-10/h2-5,10H,6-7H2,1H3,(H2,12,13,14). The van der Waals surface area contributed by atoms with Crippen LogP contribution in [0, 0.1) is 6.92 Å². The molecule has 0 radical (unpaired) electrons. The Morgan fingerprint density at radius 1 is 1.47 bits per heavy atom. The van der Waals surface area contributed by atoms with Crippen LogP contribution in [0.25, 0.3) is 0 Å². The number of carbonyl (C=O) groups is 1. The summed E-state index contributed by atoms with van der Waals surface area (Å²) in [4.78, 5) is 11.4. The topological polar surface area (TPSA) is 50.4 Å². The Bertz CT molecular complexity index is 361. The molecule has 0 bridgehead atoms. The number of amides is 2. The molecule has 1 aliphatic heterocycles. The van der Waals surface area contributed by atoms with Gasteiger partial charge < -0.3 is 15.4 Å². The fourth-order valence-corrected chi connectivity index (χ4v) is 1.39. The molecule has 4 nitrogen and oxygen atoms in total. The van der Waals surface area contributed by atoms with Crippen molar-refractivity contribution in [1.29, 1.82) is 0 Å². The summed E-state index contributed by atoms with van der Waals surface area (Å²) in [6, 6.07) is 7.68. The van der Waals surface area contributed by atoms with E-state index in [1.807, 2.05) is 31.2 Å². The lowest BCUT2D eigenvalue weighted by molar-refractivity contribution is 0.000735. The minimum Gasteiger partial charge on any atom is -0.377 e. The zero-order valence-corrected chi connectivity index (χ0v) is 8.62. The van der Waals surface area contributed by atoms with E-state index >= 15 is 0 Å². The summed E-state index contributed by atoms with van der Waals surface area (Å²) in [6.07, 6.45) is 0. The van der Waals surface area contributed by atoms with Gasteiger partial charge in [-0.2, -0.15) is 0 Å². The second kappa shape index (κ2) is 4.31. The van der Waals surface area contributed by atoms with Crippen LogP contribution in [0.4, 0.5) is 10.5 Å². The van der Waals surface area contributed by atoms with Crippen molar-refractivity contribution in [3.63, 3.8) is 0 Å². The van der Waals surface area contributed by atoms with Gasteiger partial charge in [-0.15, -0.1) is 0 Å². The van der Waals surface area contributed by atoms with Crippen LogP contribution in [0.2, 0.25) is 0 Å². The Balaban J connectivity index is 1.87. The second-order valence-electron chi connectivity index (χ2n) is 3.70. The van der Waals surface area contributed by atoms with Gasteiger partial charge in [-0.1, -0.05) is 12.1 Å². The molecule has 0 aliphatic carbocycles. The van der Waals surface area contributed by atoms with Crippen LogP contribution >= 0.6 is 0 Å². The van der Waals surface area contributed by atoms with Gasteiger partial charge in [0.25, 0.3) is 0 Å². The number of ether oxygens (including phenoxy) is 1. The van der Waals surface area contributed by atoms with E-state index in [-0.39, 0.29) is 12.1 Å². The van der Waals surface area contributed by atoms with Gasteiger partial charge in [-0.05, 0) is 24.6 Å². The van der Waals surface area contributed by atoms with Crippen molar-refractivity contribution in [2.45, 2.75) is 13.0 Å². The molecule has 1 saturated heterocycles. The molecule has 1 fully saturated rings. The van der Waals surface area contributed by atoms with E-state index in [9.17, 15) is 4.79 Å². The lowest BCUT2D eigenvalue weighted by Gasteiger charge is -2.26. The van der Waals surface area contributed by atoms with Gasteiger partial charge in [-0.25, -0.2) is 4.79 Å². The van der Waals surface area contributed by atoms with Crippen LogP contribution in [-0.2, 0) is 4.74 Å². The van der Waals surface area contributed by atoms with Gasteiger partial charge in [0, 0.05) is 5.69 Å². The van der Waals surface area contributed by atoms with Crippen LogP contribution < -0.4 is 10.6 Å². The molecule has 0 aromatic heterocycles. The van der Waals surface area contributed by atoms with E-state index in [4.69, 9.17) is 4.74 Å². The molecule has 1 aliphatic rings. The van der Waals surface area contributed by atoms with E-state index in [0.29, 0.717) is 13.2 Å². The monoisotopic (exact) mass is 206 g/mol. The van der Waals surface area contributed by atoms with Gasteiger partial charge in [0.2, 0.25) is 0 Å². The number of anilines is 1. The lowest BCUT2D eigenvalue weighted by atomic mass is 10.2. The van der Waals surface area contributed by atoms with E-state index in [1.165, 1.54) is 0 Å². The largest absolute Gasteiger partial charge is 0.377 e. The predicted octanol–water partition coefficient (Wildman–Crippen LogP) is 1.52. The summed E-state index contributed by atoms with van der Waals surface area (Å²) in [5, 5.41) is 5.59. The van der Waals surface area contributed by atoms with Crippen LogP contribution in [0.3, 0.4) is 0 Å². The Morgan fingerprint density at radius 3 is 2.87 bits per heavy atom. The minimum absolute atomic E-state index is 0.162. The van der Waals surface area contributed by atoms with Gasteiger partial charge in [0.15, 0.2) is 0 Å². The summed E-state index contributed by atoms with van der Waals surface area (Å²) in [5.74, 6) is 0. The summed E-state index contributed by atoms with van der Waals surface area (Å²) in [6.45, 7) is 3.21. The molecule has 4 heteroatoms. The fraction of sp³-hybridized carbons (Fsp3) is 0.364. The molecule has 2 rings (SSSR count). The fourth-order valence-electron chi connectivity index (χ4n) is 1.39. The van der Waals surface area contributed by atoms with E-state index in [1.54, 1.807) is 0 Å². The molecule has 2 amide bonds. The minimum atomic E-state index is -0.172. The first kappa shape index (κ1) is 9.98. The third kappa shape index (κ3) is 2.70. The number of aryl methyl sites for hydroxylation is 1. The van der Waals surface area contributed by atoms with Crippen LogP contribution in [0.5, 0.6) is 0 Å². The molecule has 1 aromatic carbocycles. The maximum atomic E-state index is 11.4. The average molecular weight is 206 g/mol. The number of benzene rings is 1. The first-order chi connectivity index (χ1) is 7.24. The second-order valence-corrected chi connectivity index (χ2v) is 3.70. The highest BCUT2D eigenvalue weighted by atomic mass is 16.5. The molecule has 15 heavy (non-hydrogen) atoms. The SMILES string of the molecule is Cc1cccc(NC(=O)NC2COC2)c1. The van der Waals surface area contributed by atoms with E-state index in [0.717, 1.165) is 11.3 Å². The summed E-state index contributed by atoms with van der Waals surface area (Å²) in [7, 11) is 0. The van der Waals surface area contributed by atoms with Crippen molar-refractivity contribution in [3.05, 3.63) is 29.8 Å². The Kier molecular flexibility index (Phi) is 2.87. The Morgan fingerprint density at radius 2 is 2.27 bits per heavy atom. The van der Waals surface area contributed by atoms with Crippen molar-refractivity contribution in [2.75, 3.05) is 18.5 Å². The van der Waals surface area contributed by atoms with Crippen LogP contribution in [-0.4, -0.2) is 25.3 Å². The predicted molar refractivity (Wildman–Crippen MR) is 57.9 cm³/mol. The molecular formula is C11H14N2O2. The zero-order chi connectivity index (χ0) is 10.7. The Labute approximate surface area is 88.6 Å². The number of carbonyl (C=O) groups excluding carboxylic acids is 1. The number of hydrogen-bond acceptors (Lipinski definition) is 2. The first-order valence-corrected chi connectivity index (χ1v) is 4.96. The van der Waals surface area contributed by atoms with Crippen LogP contribution in [0.1, 0.15) is 5.56 Å². The number of nitrogens with one attached hydrogen (secondary N) is 2. The third-order valence-electron chi connectivity index (χ3n) is 2.25. The average Bonchev–Trinajstić information content (AvgIpc) is 2.11. The molecule has 0 spiro atoms. The number of rotatable bonds is 2. The maximum absolute atomic E-state index is 11.4. The van der Waals surface area contributed by atoms with Gasteiger partial charge in [0.1, 0.15) is 0 Å². The highest BCUT2D eigenvalue weighted by Gasteiger charge is 2.19. The van der Waals surface area contributed by atoms with Gasteiger partial charge >= 0.3 is 6.03 Å². The smallest absolute Gasteiger partial charge is 0.319 e. The van der Waals surface area contributed by atoms with Crippen molar-refractivity contribution in [3.8, 4) is 0 Å². The quantitative estimate of drug-likeness (QED) is 0.770. The van der Waals surface area contributed by atoms with Crippen molar-refractivity contribution >= 4 is 11.7 Å². The first-order valence-electron chi connectivity index (χ1n) is 4.96. The molecule has 80 valence electrons. The van der Waals surface area contributed by atoms with E-state index in [2.05, 4.69) is 10.6 Å². The summed E-state index contributed by atoms with van der Waals surface area (Å²) in [5.41, 5.74) is 1.94. The molecule has 2 N–H and O–H groups in total. The lowest BCUT2D eigenvalue weighted by Crippen LogP contribution is -2.49. The van der Waals surface area contributed by atoms with Crippen molar-refractivity contribution in [1.82, 2.24) is 5.32 Å². The number of urea groups is 1. The molecule has 0 saturated carbocycles. The summed E-state index contributed by atoms with van der Waals surface area (Å²) >= 11 is 0. The zero-order valence-electron chi connectivity index (χ0n) is 8.62. The van der Waals surface area contributed by atoms with E-state index < -0.39 is 0 Å². The van der Waals surface area contributed by atoms with Gasteiger partial charge in [-0.3, -0.25) is 0 Å². The van der Waals surface area contributed by atoms with Crippen molar-refractivity contribution in [2.24, 2.45) is 0 Å². The maximum Gasteiger partial charge on any atom is 0.319 e. The molecule has 1 aromatic rings. The third-order valence-corrected chi connectivity index (χ3v) is 2.25. The Hall–Kier alpha value is -1.55. The highest BCUT2D eigenvalue weighted by Crippen LogP contribution is 2.09. The van der Waals surface area contributed by atoms with Gasteiger partial charge in [0.05, 0.1) is 19.3 Å². The highest BCUT2D eigenvalue weighted by molar-refractivity contribution is 5.89. The summed E-state index contributed by atoms with van der Waals surface area (Å²) < 4.78 is 4.96. The normalized spacial score (nSPS) is 15.5. The molecule has 1 heterocycles. The molecule has 0 unspecified atom stereocenters. The molecular weight excluding hydrogens is 192 g/mol.